The summed E-state index contributed by atoms with van der Waals surface area (Å²) in [6.07, 6.45) is 6.16. The van der Waals surface area contributed by atoms with E-state index < -0.39 is 25.9 Å². The normalized spacial score (nSPS) is 23.7. The van der Waals surface area contributed by atoms with Crippen LogP contribution in [-0.4, -0.2) is 45.3 Å². The van der Waals surface area contributed by atoms with Crippen molar-refractivity contribution in [2.75, 3.05) is 13.7 Å². The van der Waals surface area contributed by atoms with Crippen LogP contribution in [0.1, 0.15) is 47.0 Å². The summed E-state index contributed by atoms with van der Waals surface area (Å²) < 4.78 is 11.4. The fourth-order valence-corrected chi connectivity index (χ4v) is 4.18. The van der Waals surface area contributed by atoms with Crippen LogP contribution in [0.4, 0.5) is 4.79 Å². The summed E-state index contributed by atoms with van der Waals surface area (Å²) in [7, 11) is -0.635. The molecule has 0 N–H and O–H groups in total. The highest BCUT2D eigenvalue weighted by atomic mass is 28.4. The van der Waals surface area contributed by atoms with Gasteiger partial charge in [0.05, 0.1) is 24.3 Å². The molecule has 2 atom stereocenters. The Hall–Kier alpha value is -1.56. The number of rotatable bonds is 7. The van der Waals surface area contributed by atoms with Gasteiger partial charge in [0.15, 0.2) is 0 Å². The summed E-state index contributed by atoms with van der Waals surface area (Å²) in [6, 6.07) is -0.399. The van der Waals surface area contributed by atoms with Gasteiger partial charge >= 0.3 is 6.09 Å². The molecule has 0 fully saturated rings. The molecule has 1 aliphatic rings. The van der Waals surface area contributed by atoms with Crippen LogP contribution in [0.5, 0.6) is 0 Å². The smallest absolute Gasteiger partial charge is 0.410 e. The van der Waals surface area contributed by atoms with Crippen molar-refractivity contribution in [1.29, 1.82) is 0 Å². The first-order valence-electron chi connectivity index (χ1n) is 9.29. The minimum absolute atomic E-state index is 0.0798. The van der Waals surface area contributed by atoms with E-state index in [0.29, 0.717) is 25.8 Å². The minimum Gasteiger partial charge on any atom is -0.547 e. The fourth-order valence-electron chi connectivity index (χ4n) is 3.05. The Balaban J connectivity index is 3.33. The topological polar surface area (TPSA) is 55.8 Å². The zero-order chi connectivity index (χ0) is 20.2. The number of ether oxygens (including phenoxy) is 1. The first-order chi connectivity index (χ1) is 12.0. The molecule has 0 aromatic carbocycles. The van der Waals surface area contributed by atoms with E-state index in [1.807, 2.05) is 13.0 Å². The minimum atomic E-state index is -1.99. The lowest BCUT2D eigenvalue weighted by molar-refractivity contribution is -0.119. The third-order valence-electron chi connectivity index (χ3n) is 5.93. The van der Waals surface area contributed by atoms with Crippen molar-refractivity contribution in [2.24, 2.45) is 5.41 Å². The van der Waals surface area contributed by atoms with Gasteiger partial charge < -0.3 is 14.0 Å². The lowest BCUT2D eigenvalue weighted by Crippen LogP contribution is -2.52. The molecule has 0 aromatic heterocycles. The maximum atomic E-state index is 12.4. The van der Waals surface area contributed by atoms with Crippen LogP contribution in [0, 0.1) is 5.41 Å². The van der Waals surface area contributed by atoms with E-state index >= 15 is 0 Å². The third kappa shape index (κ3) is 4.58. The van der Waals surface area contributed by atoms with Crippen LogP contribution >= 0.6 is 0 Å². The summed E-state index contributed by atoms with van der Waals surface area (Å²) in [5, 5.41) is 0.0798. The van der Waals surface area contributed by atoms with Crippen molar-refractivity contribution in [3.05, 3.63) is 24.5 Å². The molecule has 0 spiro atoms. The van der Waals surface area contributed by atoms with Crippen molar-refractivity contribution in [3.63, 3.8) is 0 Å². The van der Waals surface area contributed by atoms with Gasteiger partial charge in [-0.1, -0.05) is 33.8 Å². The number of carbonyl (C=O) groups is 2. The molecular formula is C20H35NO4Si. The highest BCUT2D eigenvalue weighted by molar-refractivity contribution is 6.74. The van der Waals surface area contributed by atoms with Crippen LogP contribution in [0.3, 0.4) is 0 Å². The van der Waals surface area contributed by atoms with E-state index in [2.05, 4.69) is 40.4 Å². The molecule has 1 aliphatic carbocycles. The Bertz CT molecular complexity index is 565. The second-order valence-electron chi connectivity index (χ2n) is 8.56. The Morgan fingerprint density at radius 3 is 2.50 bits per heavy atom. The zero-order valence-electron chi connectivity index (χ0n) is 17.4. The zero-order valence-corrected chi connectivity index (χ0v) is 18.4. The van der Waals surface area contributed by atoms with Crippen LogP contribution in [-0.2, 0) is 14.0 Å². The van der Waals surface area contributed by atoms with E-state index in [0.717, 1.165) is 12.0 Å². The van der Waals surface area contributed by atoms with E-state index in [1.54, 1.807) is 11.0 Å². The Kier molecular flexibility index (Phi) is 7.28. The summed E-state index contributed by atoms with van der Waals surface area (Å²) in [4.78, 5) is 25.9. The highest BCUT2D eigenvalue weighted by Crippen LogP contribution is 2.44. The second kappa shape index (κ2) is 8.42. The van der Waals surface area contributed by atoms with Crippen LogP contribution in [0.2, 0.25) is 18.1 Å². The number of hydrogen-bond donors (Lipinski definition) is 0. The fraction of sp³-hybridized carbons (Fsp3) is 0.700. The number of nitrogens with zero attached hydrogens (tertiary/aromatic N) is 1. The molecule has 0 heterocycles. The molecule has 0 aromatic rings. The molecule has 1 amide bonds. The predicted molar refractivity (Wildman–Crippen MR) is 107 cm³/mol. The third-order valence-corrected chi connectivity index (χ3v) is 10.3. The molecule has 0 aliphatic heterocycles. The van der Waals surface area contributed by atoms with Gasteiger partial charge in [0, 0.05) is 13.0 Å². The maximum Gasteiger partial charge on any atom is 0.410 e. The van der Waals surface area contributed by atoms with E-state index in [4.69, 9.17) is 9.16 Å². The van der Waals surface area contributed by atoms with Gasteiger partial charge in [0.25, 0.3) is 0 Å². The molecule has 0 bridgehead atoms. The quantitative estimate of drug-likeness (QED) is 0.357. The van der Waals surface area contributed by atoms with Crippen molar-refractivity contribution in [1.82, 2.24) is 4.90 Å². The molecule has 0 saturated heterocycles. The Labute approximate surface area is 159 Å². The van der Waals surface area contributed by atoms with Gasteiger partial charge in [0.2, 0.25) is 8.32 Å². The Morgan fingerprint density at radius 2 is 2.08 bits per heavy atom. The molecule has 5 nitrogen and oxygen atoms in total. The van der Waals surface area contributed by atoms with Gasteiger partial charge in [-0.05, 0) is 37.0 Å². The first-order valence-corrected chi connectivity index (χ1v) is 12.2. The molecule has 26 heavy (non-hydrogen) atoms. The summed E-state index contributed by atoms with van der Waals surface area (Å²) in [6.45, 7) is 17.0. The monoisotopic (exact) mass is 381 g/mol. The highest BCUT2D eigenvalue weighted by Gasteiger charge is 2.46. The number of allylic oxidation sites excluding steroid dienone is 1. The molecule has 1 rings (SSSR count). The summed E-state index contributed by atoms with van der Waals surface area (Å²) in [5.41, 5.74) is -0.627. The number of hydrogen-bond acceptors (Lipinski definition) is 4. The molecule has 6 heteroatoms. The Morgan fingerprint density at radius 1 is 1.46 bits per heavy atom. The average Bonchev–Trinajstić information content (AvgIpc) is 2.58. The van der Waals surface area contributed by atoms with Crippen LogP contribution in [0.15, 0.2) is 24.5 Å². The van der Waals surface area contributed by atoms with E-state index in [9.17, 15) is 9.59 Å². The molecule has 148 valence electrons. The summed E-state index contributed by atoms with van der Waals surface area (Å²) in [5.74, 6) is 0.880. The average molecular weight is 382 g/mol. The molecule has 0 unspecified atom stereocenters. The molecule has 0 saturated carbocycles. The maximum absolute atomic E-state index is 12.4. The van der Waals surface area contributed by atoms with Crippen LogP contribution < -0.4 is 0 Å². The van der Waals surface area contributed by atoms with Gasteiger partial charge in [0.1, 0.15) is 6.29 Å². The van der Waals surface area contributed by atoms with E-state index in [1.165, 1.54) is 7.11 Å². The largest absolute Gasteiger partial charge is 0.547 e. The lowest BCUT2D eigenvalue weighted by atomic mass is 9.71. The standard InChI is InChI=1S/C20H35NO4Si/c1-9-13-21(18(23)24-6)17-14-16(11-12-20(17,10-2)15-22)25-26(7,8)19(3,4)5/h9,14-15,17H,1,10-13H2,2-8H3/t17-,20-/m1/s1. The first kappa shape index (κ1) is 22.5. The molecular weight excluding hydrogens is 346 g/mol. The SMILES string of the molecule is C=CCN(C(=O)OC)[C@@H]1C=C(O[Si](C)(C)C(C)(C)C)CC[C@@]1(C=O)CC. The number of methoxy groups -OCH3 is 1. The number of aldehydes is 1. The molecule has 0 radical (unpaired) electrons. The lowest BCUT2D eigenvalue weighted by Gasteiger charge is -2.45. The van der Waals surface area contributed by atoms with E-state index in [-0.39, 0.29) is 5.04 Å². The van der Waals surface area contributed by atoms with Gasteiger partial charge in [-0.15, -0.1) is 6.58 Å². The van der Waals surface area contributed by atoms with Gasteiger partial charge in [-0.25, -0.2) is 4.79 Å². The predicted octanol–water partition coefficient (Wildman–Crippen LogP) is 4.90. The van der Waals surface area contributed by atoms with Gasteiger partial charge in [-0.2, -0.15) is 0 Å². The second-order valence-corrected chi connectivity index (χ2v) is 13.3. The van der Waals surface area contributed by atoms with Crippen molar-refractivity contribution >= 4 is 20.7 Å². The van der Waals surface area contributed by atoms with Crippen molar-refractivity contribution in [3.8, 4) is 0 Å². The number of carbonyl (C=O) groups excluding carboxylic acids is 2. The summed E-state index contributed by atoms with van der Waals surface area (Å²) >= 11 is 0. The number of amides is 1. The van der Waals surface area contributed by atoms with Crippen molar-refractivity contribution < 1.29 is 18.8 Å². The van der Waals surface area contributed by atoms with Gasteiger partial charge in [-0.3, -0.25) is 4.90 Å². The van der Waals surface area contributed by atoms with Crippen LogP contribution in [0.25, 0.3) is 0 Å². The van der Waals surface area contributed by atoms with Crippen molar-refractivity contribution in [2.45, 2.75) is 71.1 Å².